The number of ether oxygens (including phenoxy) is 1. The fourth-order valence-corrected chi connectivity index (χ4v) is 1.91. The van der Waals surface area contributed by atoms with E-state index in [1.54, 1.807) is 0 Å². The molecule has 14 heavy (non-hydrogen) atoms. The summed E-state index contributed by atoms with van der Waals surface area (Å²) in [6, 6.07) is 6.66. The Labute approximate surface area is 85.1 Å². The smallest absolute Gasteiger partial charge is 0.122 e. The third-order valence-corrected chi connectivity index (χ3v) is 2.53. The van der Waals surface area contributed by atoms with Crippen LogP contribution in [0.5, 0.6) is 5.75 Å². The summed E-state index contributed by atoms with van der Waals surface area (Å²) in [5.41, 5.74) is 8.43. The van der Waals surface area contributed by atoms with Gasteiger partial charge in [-0.3, -0.25) is 0 Å². The first-order valence-electron chi connectivity index (χ1n) is 5.26. The van der Waals surface area contributed by atoms with Crippen LogP contribution in [0.1, 0.15) is 24.5 Å². The maximum absolute atomic E-state index is 5.77. The minimum Gasteiger partial charge on any atom is -0.493 e. The molecule has 0 bridgehead atoms. The number of aryl methyl sites for hydroxylation is 1. The topological polar surface area (TPSA) is 35.2 Å². The molecule has 0 saturated heterocycles. The Balaban J connectivity index is 2.20. The van der Waals surface area contributed by atoms with Crippen molar-refractivity contribution in [2.45, 2.75) is 32.2 Å². The van der Waals surface area contributed by atoms with E-state index in [1.165, 1.54) is 11.1 Å². The zero-order chi connectivity index (χ0) is 9.97. The minimum atomic E-state index is 0.234. The molecule has 0 aromatic heterocycles. The highest BCUT2D eigenvalue weighted by molar-refractivity contribution is 5.38. The standard InChI is InChI=1S/C12H17NO/c1-9(13)7-10-4-5-12-11(8-10)3-2-6-14-12/h4-5,8-9H,2-3,6-7,13H2,1H3. The van der Waals surface area contributed by atoms with Crippen molar-refractivity contribution >= 4 is 0 Å². The van der Waals surface area contributed by atoms with Crippen molar-refractivity contribution in [3.63, 3.8) is 0 Å². The maximum Gasteiger partial charge on any atom is 0.122 e. The van der Waals surface area contributed by atoms with Crippen molar-refractivity contribution < 1.29 is 4.74 Å². The number of rotatable bonds is 2. The van der Waals surface area contributed by atoms with Gasteiger partial charge in [-0.15, -0.1) is 0 Å². The number of benzene rings is 1. The van der Waals surface area contributed by atoms with E-state index in [0.717, 1.165) is 31.6 Å². The molecule has 0 radical (unpaired) electrons. The quantitative estimate of drug-likeness (QED) is 0.775. The summed E-state index contributed by atoms with van der Waals surface area (Å²) < 4.78 is 5.55. The van der Waals surface area contributed by atoms with Crippen LogP contribution in [0.2, 0.25) is 0 Å². The van der Waals surface area contributed by atoms with Gasteiger partial charge in [-0.2, -0.15) is 0 Å². The third-order valence-electron chi connectivity index (χ3n) is 2.53. The van der Waals surface area contributed by atoms with Crippen molar-refractivity contribution in [1.82, 2.24) is 0 Å². The zero-order valence-electron chi connectivity index (χ0n) is 8.62. The summed E-state index contributed by atoms with van der Waals surface area (Å²) >= 11 is 0. The van der Waals surface area contributed by atoms with Gasteiger partial charge in [0, 0.05) is 6.04 Å². The van der Waals surface area contributed by atoms with Crippen LogP contribution in [0.15, 0.2) is 18.2 Å². The highest BCUT2D eigenvalue weighted by Crippen LogP contribution is 2.25. The fourth-order valence-electron chi connectivity index (χ4n) is 1.91. The van der Waals surface area contributed by atoms with Gasteiger partial charge in [0.2, 0.25) is 0 Å². The lowest BCUT2D eigenvalue weighted by Crippen LogP contribution is -2.18. The second kappa shape index (κ2) is 4.01. The first-order chi connectivity index (χ1) is 6.75. The molecule has 76 valence electrons. The summed E-state index contributed by atoms with van der Waals surface area (Å²) in [7, 11) is 0. The Morgan fingerprint density at radius 1 is 1.50 bits per heavy atom. The monoisotopic (exact) mass is 191 g/mol. The zero-order valence-corrected chi connectivity index (χ0v) is 8.62. The van der Waals surface area contributed by atoms with E-state index in [4.69, 9.17) is 10.5 Å². The van der Waals surface area contributed by atoms with Gasteiger partial charge in [0.25, 0.3) is 0 Å². The second-order valence-electron chi connectivity index (χ2n) is 4.08. The molecule has 1 aliphatic heterocycles. The van der Waals surface area contributed by atoms with Crippen LogP contribution in [0.25, 0.3) is 0 Å². The lowest BCUT2D eigenvalue weighted by atomic mass is 10.00. The Hall–Kier alpha value is -1.02. The van der Waals surface area contributed by atoms with Gasteiger partial charge in [-0.1, -0.05) is 12.1 Å². The Morgan fingerprint density at radius 3 is 3.14 bits per heavy atom. The number of fused-ring (bicyclic) bond motifs is 1. The fraction of sp³-hybridized carbons (Fsp3) is 0.500. The van der Waals surface area contributed by atoms with Crippen LogP contribution in [-0.2, 0) is 12.8 Å². The first kappa shape index (κ1) is 9.53. The molecule has 2 heteroatoms. The van der Waals surface area contributed by atoms with Crippen LogP contribution in [0, 0.1) is 0 Å². The van der Waals surface area contributed by atoms with E-state index < -0.39 is 0 Å². The van der Waals surface area contributed by atoms with Gasteiger partial charge < -0.3 is 10.5 Å². The number of hydrogen-bond donors (Lipinski definition) is 1. The van der Waals surface area contributed by atoms with Crippen LogP contribution >= 0.6 is 0 Å². The van der Waals surface area contributed by atoms with Crippen LogP contribution < -0.4 is 10.5 Å². The van der Waals surface area contributed by atoms with Crippen LogP contribution in [0.3, 0.4) is 0 Å². The van der Waals surface area contributed by atoms with Gasteiger partial charge in [-0.25, -0.2) is 0 Å². The first-order valence-corrected chi connectivity index (χ1v) is 5.26. The number of hydrogen-bond acceptors (Lipinski definition) is 2. The molecule has 1 aliphatic rings. The lowest BCUT2D eigenvalue weighted by Gasteiger charge is -2.18. The predicted octanol–water partition coefficient (Wildman–Crippen LogP) is 1.90. The summed E-state index contributed by atoms with van der Waals surface area (Å²) in [6.07, 6.45) is 3.23. The van der Waals surface area contributed by atoms with Crippen molar-refractivity contribution in [2.24, 2.45) is 5.73 Å². The average molecular weight is 191 g/mol. The molecule has 2 N–H and O–H groups in total. The molecule has 0 spiro atoms. The highest BCUT2D eigenvalue weighted by Gasteiger charge is 2.10. The molecule has 2 rings (SSSR count). The average Bonchev–Trinajstić information content (AvgIpc) is 2.17. The van der Waals surface area contributed by atoms with Gasteiger partial charge in [0.1, 0.15) is 5.75 Å². The van der Waals surface area contributed by atoms with Crippen molar-refractivity contribution in [2.75, 3.05) is 6.61 Å². The van der Waals surface area contributed by atoms with E-state index in [-0.39, 0.29) is 6.04 Å². The molecule has 2 nitrogen and oxygen atoms in total. The molecule has 0 saturated carbocycles. The van der Waals surface area contributed by atoms with Gasteiger partial charge in [0.15, 0.2) is 0 Å². The van der Waals surface area contributed by atoms with E-state index >= 15 is 0 Å². The van der Waals surface area contributed by atoms with E-state index in [0.29, 0.717) is 0 Å². The second-order valence-corrected chi connectivity index (χ2v) is 4.08. The largest absolute Gasteiger partial charge is 0.493 e. The molecule has 0 fully saturated rings. The summed E-state index contributed by atoms with van der Waals surface area (Å²) in [6.45, 7) is 2.90. The molecule has 1 aromatic rings. The molecular formula is C12H17NO. The molecule has 1 aromatic carbocycles. The van der Waals surface area contributed by atoms with E-state index in [1.807, 2.05) is 6.92 Å². The predicted molar refractivity (Wildman–Crippen MR) is 57.6 cm³/mol. The van der Waals surface area contributed by atoms with E-state index in [9.17, 15) is 0 Å². The van der Waals surface area contributed by atoms with Crippen molar-refractivity contribution in [3.05, 3.63) is 29.3 Å². The molecule has 0 amide bonds. The molecule has 1 heterocycles. The third kappa shape index (κ3) is 2.07. The minimum absolute atomic E-state index is 0.234. The molecule has 0 aliphatic carbocycles. The normalized spacial score (nSPS) is 17.0. The Kier molecular flexibility index (Phi) is 2.73. The van der Waals surface area contributed by atoms with Crippen molar-refractivity contribution in [1.29, 1.82) is 0 Å². The SMILES string of the molecule is CC(N)Cc1ccc2c(c1)CCCO2. The van der Waals surface area contributed by atoms with Gasteiger partial charge in [-0.05, 0) is 43.4 Å². The summed E-state index contributed by atoms with van der Waals surface area (Å²) in [5, 5.41) is 0. The maximum atomic E-state index is 5.77. The molecular weight excluding hydrogens is 174 g/mol. The van der Waals surface area contributed by atoms with Gasteiger partial charge in [0.05, 0.1) is 6.61 Å². The van der Waals surface area contributed by atoms with Gasteiger partial charge >= 0.3 is 0 Å². The van der Waals surface area contributed by atoms with E-state index in [2.05, 4.69) is 18.2 Å². The van der Waals surface area contributed by atoms with Crippen LogP contribution in [-0.4, -0.2) is 12.6 Å². The summed E-state index contributed by atoms with van der Waals surface area (Å²) in [5.74, 6) is 1.06. The highest BCUT2D eigenvalue weighted by atomic mass is 16.5. The molecule has 1 atom stereocenters. The lowest BCUT2D eigenvalue weighted by molar-refractivity contribution is 0.288. The Morgan fingerprint density at radius 2 is 2.36 bits per heavy atom. The van der Waals surface area contributed by atoms with Crippen LogP contribution in [0.4, 0.5) is 0 Å². The molecule has 1 unspecified atom stereocenters. The Bertz CT molecular complexity index is 320. The number of nitrogens with two attached hydrogens (primary N) is 1. The summed E-state index contributed by atoms with van der Waals surface area (Å²) in [4.78, 5) is 0. The van der Waals surface area contributed by atoms with Crippen molar-refractivity contribution in [3.8, 4) is 5.75 Å².